The SMILES string of the molecule is CCOc1ccc(SCC(=O)Nc2ccn(CC(=O)O)n2)cc1. The summed E-state index contributed by atoms with van der Waals surface area (Å²) in [6.07, 6.45) is 1.50. The van der Waals surface area contributed by atoms with E-state index in [-0.39, 0.29) is 18.2 Å². The summed E-state index contributed by atoms with van der Waals surface area (Å²) in [7, 11) is 0. The Hall–Kier alpha value is -2.48. The van der Waals surface area contributed by atoms with Crippen LogP contribution < -0.4 is 10.1 Å². The first kappa shape index (κ1) is 16.9. The highest BCUT2D eigenvalue weighted by Gasteiger charge is 2.07. The molecule has 0 radical (unpaired) electrons. The van der Waals surface area contributed by atoms with E-state index >= 15 is 0 Å². The zero-order chi connectivity index (χ0) is 16.7. The number of aromatic nitrogens is 2. The lowest BCUT2D eigenvalue weighted by Crippen LogP contribution is -2.15. The number of carbonyl (C=O) groups excluding carboxylic acids is 1. The molecule has 2 aromatic rings. The number of anilines is 1. The lowest BCUT2D eigenvalue weighted by atomic mass is 10.3. The third-order valence-electron chi connectivity index (χ3n) is 2.71. The monoisotopic (exact) mass is 335 g/mol. The minimum absolute atomic E-state index is 0.204. The first-order chi connectivity index (χ1) is 11.1. The summed E-state index contributed by atoms with van der Waals surface area (Å²) in [4.78, 5) is 23.4. The topological polar surface area (TPSA) is 93.5 Å². The molecule has 23 heavy (non-hydrogen) atoms. The van der Waals surface area contributed by atoms with E-state index in [0.29, 0.717) is 12.4 Å². The Kier molecular flexibility index (Phi) is 6.04. The maximum absolute atomic E-state index is 11.9. The molecule has 2 rings (SSSR count). The largest absolute Gasteiger partial charge is 0.494 e. The Morgan fingerprint density at radius 3 is 2.70 bits per heavy atom. The molecule has 0 aliphatic heterocycles. The number of nitrogens with zero attached hydrogens (tertiary/aromatic N) is 2. The summed E-state index contributed by atoms with van der Waals surface area (Å²) in [5, 5.41) is 15.2. The van der Waals surface area contributed by atoms with Crippen molar-refractivity contribution in [2.75, 3.05) is 17.7 Å². The van der Waals surface area contributed by atoms with E-state index in [4.69, 9.17) is 9.84 Å². The van der Waals surface area contributed by atoms with Gasteiger partial charge in [-0.05, 0) is 31.2 Å². The van der Waals surface area contributed by atoms with Crippen LogP contribution in [0, 0.1) is 0 Å². The maximum Gasteiger partial charge on any atom is 0.325 e. The van der Waals surface area contributed by atoms with Crippen molar-refractivity contribution >= 4 is 29.5 Å². The third kappa shape index (κ3) is 5.67. The first-order valence-corrected chi connectivity index (χ1v) is 7.96. The molecule has 7 nitrogen and oxygen atoms in total. The fourth-order valence-electron chi connectivity index (χ4n) is 1.78. The van der Waals surface area contributed by atoms with Gasteiger partial charge in [0, 0.05) is 17.2 Å². The zero-order valence-electron chi connectivity index (χ0n) is 12.6. The molecule has 0 bridgehead atoms. The summed E-state index contributed by atoms with van der Waals surface area (Å²) in [6.45, 7) is 2.30. The normalized spacial score (nSPS) is 10.3. The molecule has 8 heteroatoms. The fraction of sp³-hybridized carbons (Fsp3) is 0.267. The fourth-order valence-corrected chi connectivity index (χ4v) is 2.48. The van der Waals surface area contributed by atoms with Crippen LogP contribution >= 0.6 is 11.8 Å². The van der Waals surface area contributed by atoms with Crippen molar-refractivity contribution in [2.45, 2.75) is 18.4 Å². The molecule has 1 aromatic carbocycles. The second kappa shape index (κ2) is 8.23. The number of carbonyl (C=O) groups is 2. The molecular weight excluding hydrogens is 318 g/mol. The molecule has 0 atom stereocenters. The van der Waals surface area contributed by atoms with Gasteiger partial charge in [0.25, 0.3) is 0 Å². The summed E-state index contributed by atoms with van der Waals surface area (Å²) in [5.41, 5.74) is 0. The Morgan fingerprint density at radius 1 is 1.30 bits per heavy atom. The zero-order valence-corrected chi connectivity index (χ0v) is 13.4. The molecule has 0 spiro atoms. The van der Waals surface area contributed by atoms with Crippen LogP contribution in [0.1, 0.15) is 6.92 Å². The van der Waals surface area contributed by atoms with E-state index in [0.717, 1.165) is 10.6 Å². The molecule has 1 amide bonds. The molecule has 2 N–H and O–H groups in total. The van der Waals surface area contributed by atoms with Crippen LogP contribution in [0.25, 0.3) is 0 Å². The molecule has 0 unspecified atom stereocenters. The van der Waals surface area contributed by atoms with Gasteiger partial charge in [-0.2, -0.15) is 5.10 Å². The predicted octanol–water partition coefficient (Wildman–Crippen LogP) is 2.10. The summed E-state index contributed by atoms with van der Waals surface area (Å²) in [6, 6.07) is 9.06. The van der Waals surface area contributed by atoms with Gasteiger partial charge in [-0.15, -0.1) is 11.8 Å². The molecule has 122 valence electrons. The summed E-state index contributed by atoms with van der Waals surface area (Å²) < 4.78 is 6.60. The van der Waals surface area contributed by atoms with Gasteiger partial charge in [0.1, 0.15) is 12.3 Å². The van der Waals surface area contributed by atoms with Gasteiger partial charge in [0.15, 0.2) is 5.82 Å². The molecule has 0 aliphatic rings. The van der Waals surface area contributed by atoms with Gasteiger partial charge in [-0.1, -0.05) is 0 Å². The number of amides is 1. The smallest absolute Gasteiger partial charge is 0.325 e. The van der Waals surface area contributed by atoms with Crippen LogP contribution in [0.4, 0.5) is 5.82 Å². The number of carboxylic acid groups (broad SMARTS) is 1. The van der Waals surface area contributed by atoms with E-state index in [1.165, 1.54) is 22.6 Å². The Balaban J connectivity index is 1.80. The second-order valence-electron chi connectivity index (χ2n) is 4.53. The Labute approximate surface area is 137 Å². The predicted molar refractivity (Wildman–Crippen MR) is 86.8 cm³/mol. The van der Waals surface area contributed by atoms with E-state index in [1.807, 2.05) is 31.2 Å². The highest BCUT2D eigenvalue weighted by atomic mass is 32.2. The average Bonchev–Trinajstić information content (AvgIpc) is 2.93. The highest BCUT2D eigenvalue weighted by Crippen LogP contribution is 2.21. The molecule has 0 saturated heterocycles. The van der Waals surface area contributed by atoms with Crippen LogP contribution in [0.2, 0.25) is 0 Å². The van der Waals surface area contributed by atoms with Gasteiger partial charge in [-0.3, -0.25) is 14.3 Å². The highest BCUT2D eigenvalue weighted by molar-refractivity contribution is 8.00. The number of carboxylic acids is 1. The number of aliphatic carboxylic acids is 1. The van der Waals surface area contributed by atoms with Crippen LogP contribution in [0.5, 0.6) is 5.75 Å². The third-order valence-corrected chi connectivity index (χ3v) is 3.72. The van der Waals surface area contributed by atoms with Crippen molar-refractivity contribution < 1.29 is 19.4 Å². The number of rotatable bonds is 8. The van der Waals surface area contributed by atoms with E-state index in [2.05, 4.69) is 10.4 Å². The van der Waals surface area contributed by atoms with Crippen molar-refractivity contribution in [1.29, 1.82) is 0 Å². The number of hydrogen-bond acceptors (Lipinski definition) is 5. The lowest BCUT2D eigenvalue weighted by Gasteiger charge is -2.05. The van der Waals surface area contributed by atoms with Gasteiger partial charge in [0.2, 0.25) is 5.91 Å². The van der Waals surface area contributed by atoms with Crippen LogP contribution in [0.3, 0.4) is 0 Å². The van der Waals surface area contributed by atoms with Crippen molar-refractivity contribution in [2.24, 2.45) is 0 Å². The molecule has 1 aromatic heterocycles. The molecule has 0 aliphatic carbocycles. The molecular formula is C15H17N3O4S. The van der Waals surface area contributed by atoms with Crippen LogP contribution in [0.15, 0.2) is 41.4 Å². The van der Waals surface area contributed by atoms with Crippen LogP contribution in [-0.4, -0.2) is 39.1 Å². The number of hydrogen-bond donors (Lipinski definition) is 2. The van der Waals surface area contributed by atoms with Crippen molar-refractivity contribution in [3.8, 4) is 5.75 Å². The second-order valence-corrected chi connectivity index (χ2v) is 5.58. The first-order valence-electron chi connectivity index (χ1n) is 6.97. The number of benzene rings is 1. The van der Waals surface area contributed by atoms with E-state index in [1.54, 1.807) is 6.07 Å². The lowest BCUT2D eigenvalue weighted by molar-refractivity contribution is -0.137. The van der Waals surface area contributed by atoms with Crippen molar-refractivity contribution in [3.63, 3.8) is 0 Å². The molecule has 1 heterocycles. The van der Waals surface area contributed by atoms with E-state index in [9.17, 15) is 9.59 Å². The summed E-state index contributed by atoms with van der Waals surface area (Å²) in [5.74, 6) is 0.176. The molecule has 0 fully saturated rings. The number of ether oxygens (including phenoxy) is 1. The minimum Gasteiger partial charge on any atom is -0.494 e. The number of nitrogens with one attached hydrogen (secondary N) is 1. The Morgan fingerprint density at radius 2 is 2.04 bits per heavy atom. The van der Waals surface area contributed by atoms with Gasteiger partial charge in [-0.25, -0.2) is 0 Å². The Bertz CT molecular complexity index is 670. The van der Waals surface area contributed by atoms with Crippen molar-refractivity contribution in [3.05, 3.63) is 36.5 Å². The molecule has 0 saturated carbocycles. The van der Waals surface area contributed by atoms with Crippen LogP contribution in [-0.2, 0) is 16.1 Å². The van der Waals surface area contributed by atoms with Gasteiger partial charge in [0.05, 0.1) is 12.4 Å². The standard InChI is InChI=1S/C15H17N3O4S/c1-2-22-11-3-5-12(6-4-11)23-10-14(19)16-13-7-8-18(17-13)9-15(20)21/h3-8H,2,9-10H2,1H3,(H,20,21)(H,16,17,19). The quantitative estimate of drug-likeness (QED) is 0.718. The minimum atomic E-state index is -0.989. The van der Waals surface area contributed by atoms with Gasteiger partial charge >= 0.3 is 5.97 Å². The van der Waals surface area contributed by atoms with Gasteiger partial charge < -0.3 is 15.2 Å². The number of thioether (sulfide) groups is 1. The summed E-state index contributed by atoms with van der Waals surface area (Å²) >= 11 is 1.40. The maximum atomic E-state index is 11.9. The van der Waals surface area contributed by atoms with Crippen molar-refractivity contribution in [1.82, 2.24) is 9.78 Å². The van der Waals surface area contributed by atoms with E-state index < -0.39 is 5.97 Å². The average molecular weight is 335 g/mol.